The number of piperidine rings is 1. The second kappa shape index (κ2) is 6.34. The molecule has 1 unspecified atom stereocenters. The van der Waals surface area contributed by atoms with Crippen LogP contribution in [0.1, 0.15) is 24.8 Å². The number of carbonyl (C=O) groups is 1. The van der Waals surface area contributed by atoms with E-state index in [-0.39, 0.29) is 0 Å². The SMILES string of the molecule is O=C(O)CC1CCCN(Cc2cccc(Br)c2)C1. The largest absolute Gasteiger partial charge is 0.481 e. The van der Waals surface area contributed by atoms with Gasteiger partial charge in [-0.2, -0.15) is 0 Å². The maximum absolute atomic E-state index is 10.8. The molecule has 0 amide bonds. The second-order valence-electron chi connectivity index (χ2n) is 4.97. The van der Waals surface area contributed by atoms with Crippen molar-refractivity contribution >= 4 is 21.9 Å². The second-order valence-corrected chi connectivity index (χ2v) is 5.89. The van der Waals surface area contributed by atoms with Crippen LogP contribution in [0.15, 0.2) is 28.7 Å². The normalized spacial score (nSPS) is 20.8. The number of nitrogens with zero attached hydrogens (tertiary/aromatic N) is 1. The van der Waals surface area contributed by atoms with Gasteiger partial charge in [0.2, 0.25) is 0 Å². The Morgan fingerprint density at radius 3 is 3.06 bits per heavy atom. The molecule has 0 radical (unpaired) electrons. The average Bonchev–Trinajstić information content (AvgIpc) is 2.28. The fourth-order valence-corrected chi connectivity index (χ4v) is 3.05. The molecule has 0 bridgehead atoms. The monoisotopic (exact) mass is 311 g/mol. The van der Waals surface area contributed by atoms with Gasteiger partial charge in [0.05, 0.1) is 0 Å². The molecule has 1 aromatic carbocycles. The molecule has 3 nitrogen and oxygen atoms in total. The number of carboxylic acid groups (broad SMARTS) is 1. The summed E-state index contributed by atoms with van der Waals surface area (Å²) in [6.07, 6.45) is 2.45. The van der Waals surface area contributed by atoms with Crippen LogP contribution in [-0.4, -0.2) is 29.1 Å². The summed E-state index contributed by atoms with van der Waals surface area (Å²) >= 11 is 3.48. The van der Waals surface area contributed by atoms with Gasteiger partial charge in [0.15, 0.2) is 0 Å². The van der Waals surface area contributed by atoms with Crippen molar-refractivity contribution in [1.29, 1.82) is 0 Å². The number of halogens is 1. The number of aliphatic carboxylic acids is 1. The van der Waals surface area contributed by atoms with Crippen molar-refractivity contribution < 1.29 is 9.90 Å². The van der Waals surface area contributed by atoms with Gasteiger partial charge < -0.3 is 5.11 Å². The Kier molecular flexibility index (Phi) is 4.78. The highest BCUT2D eigenvalue weighted by Gasteiger charge is 2.21. The fraction of sp³-hybridized carbons (Fsp3) is 0.500. The molecule has 1 fully saturated rings. The molecule has 1 N–H and O–H groups in total. The Morgan fingerprint density at radius 2 is 2.33 bits per heavy atom. The van der Waals surface area contributed by atoms with Crippen LogP contribution in [0.2, 0.25) is 0 Å². The van der Waals surface area contributed by atoms with Gasteiger partial charge in [-0.05, 0) is 43.0 Å². The standard InChI is InChI=1S/C14H18BrNO2/c15-13-5-1-3-11(7-13)9-16-6-2-4-12(10-16)8-14(17)18/h1,3,5,7,12H,2,4,6,8-10H2,(H,17,18). The summed E-state index contributed by atoms with van der Waals surface area (Å²) in [6, 6.07) is 8.30. The summed E-state index contributed by atoms with van der Waals surface area (Å²) in [5.41, 5.74) is 1.28. The zero-order chi connectivity index (χ0) is 13.0. The molecule has 18 heavy (non-hydrogen) atoms. The third-order valence-electron chi connectivity index (χ3n) is 3.36. The van der Waals surface area contributed by atoms with Gasteiger partial charge in [0.1, 0.15) is 0 Å². The van der Waals surface area contributed by atoms with Crippen molar-refractivity contribution in [3.05, 3.63) is 34.3 Å². The third-order valence-corrected chi connectivity index (χ3v) is 3.85. The Labute approximate surface area is 116 Å². The van der Waals surface area contributed by atoms with E-state index in [1.807, 2.05) is 12.1 Å². The summed E-state index contributed by atoms with van der Waals surface area (Å²) < 4.78 is 1.10. The third kappa shape index (κ3) is 4.10. The summed E-state index contributed by atoms with van der Waals surface area (Å²) in [6.45, 7) is 2.89. The molecular weight excluding hydrogens is 294 g/mol. The molecule has 1 aliphatic heterocycles. The predicted molar refractivity (Wildman–Crippen MR) is 74.4 cm³/mol. The Morgan fingerprint density at radius 1 is 1.50 bits per heavy atom. The summed E-state index contributed by atoms with van der Waals surface area (Å²) in [7, 11) is 0. The highest BCUT2D eigenvalue weighted by Crippen LogP contribution is 2.22. The lowest BCUT2D eigenvalue weighted by molar-refractivity contribution is -0.138. The van der Waals surface area contributed by atoms with Gasteiger partial charge in [-0.15, -0.1) is 0 Å². The molecular formula is C14H18BrNO2. The molecule has 0 aliphatic carbocycles. The molecule has 1 aromatic rings. The first-order chi connectivity index (χ1) is 8.63. The number of hydrogen-bond donors (Lipinski definition) is 1. The molecule has 2 rings (SSSR count). The van der Waals surface area contributed by atoms with E-state index in [1.165, 1.54) is 5.56 Å². The van der Waals surface area contributed by atoms with Crippen molar-refractivity contribution in [1.82, 2.24) is 4.90 Å². The Hall–Kier alpha value is -0.870. The van der Waals surface area contributed by atoms with E-state index in [1.54, 1.807) is 0 Å². The van der Waals surface area contributed by atoms with E-state index in [4.69, 9.17) is 5.11 Å². The summed E-state index contributed by atoms with van der Waals surface area (Å²) in [4.78, 5) is 13.1. The van der Waals surface area contributed by atoms with E-state index in [0.29, 0.717) is 12.3 Å². The first-order valence-corrected chi connectivity index (χ1v) is 7.11. The maximum Gasteiger partial charge on any atom is 0.303 e. The minimum atomic E-state index is -0.677. The topological polar surface area (TPSA) is 40.5 Å². The minimum absolute atomic E-state index is 0.301. The first kappa shape index (κ1) is 13.6. The van der Waals surface area contributed by atoms with Crippen LogP contribution in [0.4, 0.5) is 0 Å². The zero-order valence-electron chi connectivity index (χ0n) is 10.3. The van der Waals surface area contributed by atoms with Gasteiger partial charge >= 0.3 is 5.97 Å². The number of likely N-dealkylation sites (tertiary alicyclic amines) is 1. The van der Waals surface area contributed by atoms with Gasteiger partial charge in [-0.25, -0.2) is 0 Å². The van der Waals surface area contributed by atoms with Crippen molar-refractivity contribution in [2.24, 2.45) is 5.92 Å². The lowest BCUT2D eigenvalue weighted by atomic mass is 9.94. The molecule has 4 heteroatoms. The Balaban J connectivity index is 1.91. The molecule has 98 valence electrons. The maximum atomic E-state index is 10.8. The van der Waals surface area contributed by atoms with Crippen LogP contribution in [0.3, 0.4) is 0 Å². The predicted octanol–water partition coefficient (Wildman–Crippen LogP) is 3.14. The highest BCUT2D eigenvalue weighted by molar-refractivity contribution is 9.10. The summed E-state index contributed by atoms with van der Waals surface area (Å²) in [5.74, 6) is -0.368. The molecule has 1 atom stereocenters. The van der Waals surface area contributed by atoms with E-state index < -0.39 is 5.97 Å². The number of hydrogen-bond acceptors (Lipinski definition) is 2. The van der Waals surface area contributed by atoms with Crippen LogP contribution in [0.25, 0.3) is 0 Å². The molecule has 1 saturated heterocycles. The van der Waals surface area contributed by atoms with Crippen molar-refractivity contribution in [3.8, 4) is 0 Å². The van der Waals surface area contributed by atoms with Crippen LogP contribution in [0, 0.1) is 5.92 Å². The fourth-order valence-electron chi connectivity index (χ4n) is 2.60. The smallest absolute Gasteiger partial charge is 0.303 e. The lowest BCUT2D eigenvalue weighted by Crippen LogP contribution is -2.35. The van der Waals surface area contributed by atoms with Crippen LogP contribution in [0.5, 0.6) is 0 Å². The van der Waals surface area contributed by atoms with Gasteiger partial charge in [-0.3, -0.25) is 9.69 Å². The van der Waals surface area contributed by atoms with E-state index in [0.717, 1.165) is 36.9 Å². The van der Waals surface area contributed by atoms with Crippen molar-refractivity contribution in [2.75, 3.05) is 13.1 Å². The van der Waals surface area contributed by atoms with Gasteiger partial charge in [0.25, 0.3) is 0 Å². The van der Waals surface area contributed by atoms with Crippen LogP contribution >= 0.6 is 15.9 Å². The van der Waals surface area contributed by atoms with Crippen LogP contribution < -0.4 is 0 Å². The number of carboxylic acids is 1. The number of rotatable bonds is 4. The number of benzene rings is 1. The highest BCUT2D eigenvalue weighted by atomic mass is 79.9. The van der Waals surface area contributed by atoms with Gasteiger partial charge in [0, 0.05) is 24.0 Å². The van der Waals surface area contributed by atoms with Crippen molar-refractivity contribution in [3.63, 3.8) is 0 Å². The van der Waals surface area contributed by atoms with Crippen LogP contribution in [-0.2, 0) is 11.3 Å². The molecule has 1 aliphatic rings. The van der Waals surface area contributed by atoms with E-state index >= 15 is 0 Å². The van der Waals surface area contributed by atoms with E-state index in [9.17, 15) is 4.79 Å². The Bertz CT molecular complexity index is 422. The zero-order valence-corrected chi connectivity index (χ0v) is 11.9. The van der Waals surface area contributed by atoms with Gasteiger partial charge in [-0.1, -0.05) is 28.1 Å². The van der Waals surface area contributed by atoms with Crippen molar-refractivity contribution in [2.45, 2.75) is 25.8 Å². The lowest BCUT2D eigenvalue weighted by Gasteiger charge is -2.32. The minimum Gasteiger partial charge on any atom is -0.481 e. The summed E-state index contributed by atoms with van der Waals surface area (Å²) in [5, 5.41) is 8.85. The quantitative estimate of drug-likeness (QED) is 0.928. The van der Waals surface area contributed by atoms with E-state index in [2.05, 4.69) is 33.0 Å². The average molecular weight is 312 g/mol. The molecule has 0 saturated carbocycles. The molecule has 0 spiro atoms. The molecule has 0 aromatic heterocycles. The first-order valence-electron chi connectivity index (χ1n) is 6.32. The molecule has 1 heterocycles.